The smallest absolute Gasteiger partial charge is 0.313 e. The van der Waals surface area contributed by atoms with Crippen LogP contribution in [-0.4, -0.2) is 42.9 Å². The Hall–Kier alpha value is -2.37. The van der Waals surface area contributed by atoms with Crippen LogP contribution in [0.5, 0.6) is 0 Å². The number of hydrogen-bond donors (Lipinski definition) is 1. The molecule has 2 rings (SSSR count). The number of methoxy groups -OCH3 is 1. The number of anilines is 1. The standard InChI is InChI=1S/C17H22N2O4/c1-17(2,3)12-7-5-6-8-13(12)18-14(20)15(21)19-9-11(10-19)16(22)23-4/h5-8,11H,9-10H2,1-4H3,(H,18,20). The van der Waals surface area contributed by atoms with Gasteiger partial charge in [0.1, 0.15) is 0 Å². The molecule has 1 heterocycles. The number of esters is 1. The second kappa shape index (κ2) is 6.40. The van der Waals surface area contributed by atoms with Crippen molar-refractivity contribution in [1.29, 1.82) is 0 Å². The van der Waals surface area contributed by atoms with Crippen LogP contribution >= 0.6 is 0 Å². The van der Waals surface area contributed by atoms with Gasteiger partial charge in [-0.2, -0.15) is 0 Å². The first-order valence-electron chi connectivity index (χ1n) is 7.51. The fourth-order valence-electron chi connectivity index (χ4n) is 2.53. The summed E-state index contributed by atoms with van der Waals surface area (Å²) < 4.78 is 4.61. The molecule has 1 aliphatic heterocycles. The minimum atomic E-state index is -0.690. The lowest BCUT2D eigenvalue weighted by Gasteiger charge is -2.36. The van der Waals surface area contributed by atoms with Crippen LogP contribution in [0.15, 0.2) is 24.3 Å². The lowest BCUT2D eigenvalue weighted by molar-refractivity contribution is -0.158. The second-order valence-corrected chi connectivity index (χ2v) is 6.68. The Balaban J connectivity index is 2.01. The van der Waals surface area contributed by atoms with Gasteiger partial charge in [-0.3, -0.25) is 14.4 Å². The Morgan fingerprint density at radius 1 is 1.17 bits per heavy atom. The lowest BCUT2D eigenvalue weighted by atomic mass is 9.86. The van der Waals surface area contributed by atoms with E-state index in [9.17, 15) is 14.4 Å². The van der Waals surface area contributed by atoms with E-state index in [0.717, 1.165) is 5.56 Å². The Labute approximate surface area is 135 Å². The highest BCUT2D eigenvalue weighted by atomic mass is 16.5. The summed E-state index contributed by atoms with van der Waals surface area (Å²) in [5.74, 6) is -2.01. The Kier molecular flexibility index (Phi) is 4.73. The van der Waals surface area contributed by atoms with Crippen molar-refractivity contribution in [3.8, 4) is 0 Å². The molecule has 6 nitrogen and oxygen atoms in total. The minimum Gasteiger partial charge on any atom is -0.469 e. The van der Waals surface area contributed by atoms with Crippen molar-refractivity contribution in [1.82, 2.24) is 4.90 Å². The summed E-state index contributed by atoms with van der Waals surface area (Å²) in [5, 5.41) is 2.68. The van der Waals surface area contributed by atoms with Gasteiger partial charge < -0.3 is 15.0 Å². The molecule has 6 heteroatoms. The lowest BCUT2D eigenvalue weighted by Crippen LogP contribution is -2.56. The number of para-hydroxylation sites is 1. The highest BCUT2D eigenvalue weighted by molar-refractivity contribution is 6.39. The summed E-state index contributed by atoms with van der Waals surface area (Å²) in [4.78, 5) is 36.9. The maximum absolute atomic E-state index is 12.2. The fourth-order valence-corrected chi connectivity index (χ4v) is 2.53. The maximum atomic E-state index is 12.2. The van der Waals surface area contributed by atoms with Crippen molar-refractivity contribution in [3.05, 3.63) is 29.8 Å². The van der Waals surface area contributed by atoms with Crippen molar-refractivity contribution >= 4 is 23.5 Å². The summed E-state index contributed by atoms with van der Waals surface area (Å²) in [6.45, 7) is 6.56. The topological polar surface area (TPSA) is 75.7 Å². The zero-order chi connectivity index (χ0) is 17.2. The molecule has 0 unspecified atom stereocenters. The van der Waals surface area contributed by atoms with Crippen LogP contribution in [-0.2, 0) is 24.5 Å². The Morgan fingerprint density at radius 3 is 2.35 bits per heavy atom. The summed E-state index contributed by atoms with van der Waals surface area (Å²) in [7, 11) is 1.31. The fraction of sp³-hybridized carbons (Fsp3) is 0.471. The van der Waals surface area contributed by atoms with Crippen LogP contribution in [0.4, 0.5) is 5.69 Å². The van der Waals surface area contributed by atoms with E-state index in [1.165, 1.54) is 12.0 Å². The van der Waals surface area contributed by atoms with E-state index < -0.39 is 11.8 Å². The SMILES string of the molecule is COC(=O)C1CN(C(=O)C(=O)Nc2ccccc2C(C)(C)C)C1. The number of ether oxygens (including phenoxy) is 1. The number of nitrogens with one attached hydrogen (secondary N) is 1. The first-order valence-corrected chi connectivity index (χ1v) is 7.51. The van der Waals surface area contributed by atoms with Crippen molar-refractivity contribution in [2.75, 3.05) is 25.5 Å². The number of likely N-dealkylation sites (tertiary alicyclic amines) is 1. The molecule has 0 bridgehead atoms. The van der Waals surface area contributed by atoms with Gasteiger partial charge in [0.05, 0.1) is 13.0 Å². The van der Waals surface area contributed by atoms with Gasteiger partial charge in [-0.1, -0.05) is 39.0 Å². The number of carbonyl (C=O) groups excluding carboxylic acids is 3. The first-order chi connectivity index (χ1) is 10.7. The number of amides is 2. The van der Waals surface area contributed by atoms with E-state index in [-0.39, 0.29) is 30.4 Å². The van der Waals surface area contributed by atoms with Crippen LogP contribution in [0.25, 0.3) is 0 Å². The third kappa shape index (κ3) is 3.70. The molecule has 23 heavy (non-hydrogen) atoms. The van der Waals surface area contributed by atoms with Crippen molar-refractivity contribution < 1.29 is 19.1 Å². The Bertz CT molecular complexity index is 628. The molecule has 0 saturated carbocycles. The van der Waals surface area contributed by atoms with Crippen LogP contribution in [0.2, 0.25) is 0 Å². The van der Waals surface area contributed by atoms with Crippen molar-refractivity contribution in [2.24, 2.45) is 5.92 Å². The number of hydrogen-bond acceptors (Lipinski definition) is 4. The largest absolute Gasteiger partial charge is 0.469 e. The molecular weight excluding hydrogens is 296 g/mol. The number of benzene rings is 1. The molecule has 0 spiro atoms. The van der Waals surface area contributed by atoms with Crippen molar-refractivity contribution in [3.63, 3.8) is 0 Å². The molecule has 1 aliphatic rings. The monoisotopic (exact) mass is 318 g/mol. The molecule has 1 fully saturated rings. The van der Waals surface area contributed by atoms with Crippen LogP contribution in [0, 0.1) is 5.92 Å². The van der Waals surface area contributed by atoms with Gasteiger partial charge in [-0.25, -0.2) is 0 Å². The number of rotatable bonds is 2. The normalized spacial score (nSPS) is 14.9. The molecule has 124 valence electrons. The molecule has 1 saturated heterocycles. The van der Waals surface area contributed by atoms with Crippen molar-refractivity contribution in [2.45, 2.75) is 26.2 Å². The molecule has 0 aromatic heterocycles. The third-order valence-corrected chi connectivity index (χ3v) is 3.88. The van der Waals surface area contributed by atoms with E-state index in [1.807, 2.05) is 39.0 Å². The maximum Gasteiger partial charge on any atom is 0.313 e. The van der Waals surface area contributed by atoms with Crippen LogP contribution in [0.1, 0.15) is 26.3 Å². The minimum absolute atomic E-state index is 0.153. The summed E-state index contributed by atoms with van der Waals surface area (Å²) >= 11 is 0. The molecule has 0 atom stereocenters. The predicted molar refractivity (Wildman–Crippen MR) is 85.9 cm³/mol. The molecule has 2 amide bonds. The van der Waals surface area contributed by atoms with Gasteiger partial charge in [0.2, 0.25) is 0 Å². The average molecular weight is 318 g/mol. The highest BCUT2D eigenvalue weighted by Gasteiger charge is 2.38. The number of nitrogens with zero attached hydrogens (tertiary/aromatic N) is 1. The zero-order valence-corrected chi connectivity index (χ0v) is 13.9. The van der Waals surface area contributed by atoms with Gasteiger partial charge in [0.25, 0.3) is 0 Å². The van der Waals surface area contributed by atoms with Crippen LogP contribution < -0.4 is 5.32 Å². The first kappa shape index (κ1) is 17.0. The molecule has 0 radical (unpaired) electrons. The highest BCUT2D eigenvalue weighted by Crippen LogP contribution is 2.29. The summed E-state index contributed by atoms with van der Waals surface area (Å²) in [5.41, 5.74) is 1.43. The van der Waals surface area contributed by atoms with E-state index in [0.29, 0.717) is 5.69 Å². The van der Waals surface area contributed by atoms with Gasteiger partial charge in [0.15, 0.2) is 0 Å². The van der Waals surface area contributed by atoms with Gasteiger partial charge in [-0.05, 0) is 17.0 Å². The van der Waals surface area contributed by atoms with Gasteiger partial charge in [-0.15, -0.1) is 0 Å². The molecule has 1 aromatic rings. The van der Waals surface area contributed by atoms with Gasteiger partial charge in [0, 0.05) is 18.8 Å². The van der Waals surface area contributed by atoms with E-state index in [4.69, 9.17) is 0 Å². The quantitative estimate of drug-likeness (QED) is 0.663. The summed E-state index contributed by atoms with van der Waals surface area (Å²) in [6, 6.07) is 7.41. The third-order valence-electron chi connectivity index (χ3n) is 3.88. The second-order valence-electron chi connectivity index (χ2n) is 6.68. The van der Waals surface area contributed by atoms with E-state index in [2.05, 4.69) is 10.1 Å². The summed E-state index contributed by atoms with van der Waals surface area (Å²) in [6.07, 6.45) is 0. The molecule has 1 N–H and O–H groups in total. The van der Waals surface area contributed by atoms with Gasteiger partial charge >= 0.3 is 17.8 Å². The number of carbonyl (C=O) groups is 3. The molecule has 0 aliphatic carbocycles. The predicted octanol–water partition coefficient (Wildman–Crippen LogP) is 1.55. The Morgan fingerprint density at radius 2 is 1.78 bits per heavy atom. The van der Waals surface area contributed by atoms with E-state index >= 15 is 0 Å². The van der Waals surface area contributed by atoms with E-state index in [1.54, 1.807) is 6.07 Å². The van der Waals surface area contributed by atoms with Crippen LogP contribution in [0.3, 0.4) is 0 Å². The molecule has 1 aromatic carbocycles. The zero-order valence-electron chi connectivity index (χ0n) is 13.9. The average Bonchev–Trinajstić information content (AvgIpc) is 2.44. The molecular formula is C17H22N2O4.